The van der Waals surface area contributed by atoms with E-state index in [0.717, 1.165) is 22.9 Å². The third kappa shape index (κ3) is 6.62. The monoisotopic (exact) mass is 430 g/mol. The molecular formula is C21H20Cl2N4O2. The number of hydrogen-bond acceptors (Lipinski definition) is 5. The molecule has 3 aromatic rings. The zero-order chi connectivity index (χ0) is 20.6. The number of aromatic nitrogens is 2. The summed E-state index contributed by atoms with van der Waals surface area (Å²) in [6.07, 6.45) is 2.42. The van der Waals surface area contributed by atoms with E-state index in [9.17, 15) is 4.79 Å². The Hall–Kier alpha value is -2.83. The lowest BCUT2D eigenvalue weighted by molar-refractivity contribution is -0.116. The number of anilines is 3. The van der Waals surface area contributed by atoms with Crippen molar-refractivity contribution in [2.24, 2.45) is 0 Å². The average molecular weight is 431 g/mol. The minimum atomic E-state index is -0.0806. The van der Waals surface area contributed by atoms with Gasteiger partial charge in [-0.05, 0) is 55.8 Å². The van der Waals surface area contributed by atoms with Gasteiger partial charge in [-0.1, -0.05) is 23.2 Å². The molecule has 1 heterocycles. The van der Waals surface area contributed by atoms with Gasteiger partial charge in [0.1, 0.15) is 17.9 Å². The van der Waals surface area contributed by atoms with E-state index in [1.54, 1.807) is 18.2 Å². The summed E-state index contributed by atoms with van der Waals surface area (Å²) >= 11 is 11.9. The summed E-state index contributed by atoms with van der Waals surface area (Å²) in [6, 6.07) is 14.3. The Morgan fingerprint density at radius 3 is 2.52 bits per heavy atom. The second kappa shape index (κ2) is 10.1. The Morgan fingerprint density at radius 1 is 1.03 bits per heavy atom. The molecule has 1 aromatic heterocycles. The summed E-state index contributed by atoms with van der Waals surface area (Å²) in [4.78, 5) is 20.3. The number of aryl methyl sites for hydroxylation is 1. The Morgan fingerprint density at radius 2 is 1.79 bits per heavy atom. The summed E-state index contributed by atoms with van der Waals surface area (Å²) in [5.74, 6) is 1.19. The number of carbonyl (C=O) groups excluding carboxylic acids is 1. The van der Waals surface area contributed by atoms with Gasteiger partial charge >= 0.3 is 0 Å². The molecule has 0 aliphatic carbocycles. The molecule has 0 spiro atoms. The summed E-state index contributed by atoms with van der Waals surface area (Å²) < 4.78 is 5.58. The minimum Gasteiger partial charge on any atom is -0.492 e. The van der Waals surface area contributed by atoms with Crippen molar-refractivity contribution in [3.05, 3.63) is 70.6 Å². The quantitative estimate of drug-likeness (QED) is 0.452. The van der Waals surface area contributed by atoms with E-state index >= 15 is 0 Å². The fourth-order valence-corrected chi connectivity index (χ4v) is 3.00. The largest absolute Gasteiger partial charge is 0.492 e. The highest BCUT2D eigenvalue weighted by Gasteiger charge is 2.05. The van der Waals surface area contributed by atoms with E-state index in [1.807, 2.05) is 37.3 Å². The van der Waals surface area contributed by atoms with Gasteiger partial charge in [-0.3, -0.25) is 4.79 Å². The van der Waals surface area contributed by atoms with Crippen LogP contribution in [0.5, 0.6) is 5.75 Å². The Bertz CT molecular complexity index is 981. The first kappa shape index (κ1) is 20.9. The zero-order valence-electron chi connectivity index (χ0n) is 15.8. The summed E-state index contributed by atoms with van der Waals surface area (Å²) in [5.41, 5.74) is 2.48. The van der Waals surface area contributed by atoms with Crippen LogP contribution in [-0.4, -0.2) is 22.5 Å². The van der Waals surface area contributed by atoms with Gasteiger partial charge in [0.25, 0.3) is 0 Å². The maximum Gasteiger partial charge on any atom is 0.224 e. The fourth-order valence-electron chi connectivity index (χ4n) is 2.54. The van der Waals surface area contributed by atoms with Crippen molar-refractivity contribution in [1.29, 1.82) is 0 Å². The molecule has 150 valence electrons. The second-order valence-electron chi connectivity index (χ2n) is 6.32. The third-order valence-corrected chi connectivity index (χ3v) is 4.47. The number of halogens is 2. The smallest absolute Gasteiger partial charge is 0.224 e. The SMILES string of the molecule is Cc1cc(Nc2ccc(NC(=O)CCCOc3ccc(Cl)cc3Cl)cc2)ncn1. The summed E-state index contributed by atoms with van der Waals surface area (Å²) in [6.45, 7) is 2.29. The van der Waals surface area contributed by atoms with Crippen molar-refractivity contribution >= 4 is 46.3 Å². The number of benzene rings is 2. The Labute approximate surface area is 179 Å². The molecule has 2 aromatic carbocycles. The predicted molar refractivity (Wildman–Crippen MR) is 116 cm³/mol. The molecule has 0 saturated carbocycles. The number of ether oxygens (including phenoxy) is 1. The molecule has 0 unspecified atom stereocenters. The van der Waals surface area contributed by atoms with Crippen molar-refractivity contribution < 1.29 is 9.53 Å². The van der Waals surface area contributed by atoms with E-state index < -0.39 is 0 Å². The topological polar surface area (TPSA) is 76.1 Å². The fraction of sp³-hybridized carbons (Fsp3) is 0.190. The van der Waals surface area contributed by atoms with Gasteiger partial charge in [0, 0.05) is 34.6 Å². The lowest BCUT2D eigenvalue weighted by Crippen LogP contribution is -2.12. The maximum absolute atomic E-state index is 12.1. The van der Waals surface area contributed by atoms with E-state index in [4.69, 9.17) is 27.9 Å². The van der Waals surface area contributed by atoms with Crippen LogP contribution in [0, 0.1) is 6.92 Å². The van der Waals surface area contributed by atoms with E-state index in [0.29, 0.717) is 35.2 Å². The molecule has 0 radical (unpaired) electrons. The molecule has 0 atom stereocenters. The highest BCUT2D eigenvalue weighted by atomic mass is 35.5. The average Bonchev–Trinajstić information content (AvgIpc) is 2.68. The van der Waals surface area contributed by atoms with Gasteiger partial charge in [0.05, 0.1) is 11.6 Å². The van der Waals surface area contributed by atoms with E-state index in [-0.39, 0.29) is 5.91 Å². The van der Waals surface area contributed by atoms with Crippen LogP contribution in [0.25, 0.3) is 0 Å². The number of hydrogen-bond donors (Lipinski definition) is 2. The number of nitrogens with zero attached hydrogens (tertiary/aromatic N) is 2. The molecule has 3 rings (SSSR count). The number of carbonyl (C=O) groups is 1. The van der Waals surface area contributed by atoms with Gasteiger partial charge in [-0.2, -0.15) is 0 Å². The van der Waals surface area contributed by atoms with E-state index in [1.165, 1.54) is 6.33 Å². The molecule has 0 aliphatic heterocycles. The second-order valence-corrected chi connectivity index (χ2v) is 7.17. The van der Waals surface area contributed by atoms with Gasteiger partial charge in [-0.15, -0.1) is 0 Å². The Balaban J connectivity index is 1.42. The molecule has 0 bridgehead atoms. The molecule has 2 N–H and O–H groups in total. The molecule has 6 nitrogen and oxygen atoms in total. The molecule has 0 aliphatic rings. The standard InChI is InChI=1S/C21H20Cl2N4O2/c1-14-11-20(25-13-24-14)26-16-5-7-17(8-6-16)27-21(28)3-2-10-29-19-9-4-15(22)12-18(19)23/h4-9,11-13H,2-3,10H2,1H3,(H,27,28)(H,24,25,26). The van der Waals surface area contributed by atoms with Crippen LogP contribution in [0.1, 0.15) is 18.5 Å². The lowest BCUT2D eigenvalue weighted by Gasteiger charge is -2.10. The first-order valence-corrected chi connectivity index (χ1v) is 9.78. The molecule has 8 heteroatoms. The van der Waals surface area contributed by atoms with Crippen LogP contribution < -0.4 is 15.4 Å². The molecular weight excluding hydrogens is 411 g/mol. The van der Waals surface area contributed by atoms with Gasteiger partial charge in [-0.25, -0.2) is 9.97 Å². The molecule has 0 saturated heterocycles. The third-order valence-electron chi connectivity index (χ3n) is 3.94. The highest BCUT2D eigenvalue weighted by Crippen LogP contribution is 2.27. The first-order valence-electron chi connectivity index (χ1n) is 9.03. The summed E-state index contributed by atoms with van der Waals surface area (Å²) in [7, 11) is 0. The number of rotatable bonds is 8. The van der Waals surface area contributed by atoms with Crippen LogP contribution in [0.15, 0.2) is 54.9 Å². The van der Waals surface area contributed by atoms with Crippen molar-refractivity contribution in [2.75, 3.05) is 17.2 Å². The normalized spacial score (nSPS) is 10.4. The zero-order valence-corrected chi connectivity index (χ0v) is 17.3. The van der Waals surface area contributed by atoms with Crippen molar-refractivity contribution in [1.82, 2.24) is 9.97 Å². The first-order chi connectivity index (χ1) is 14.0. The van der Waals surface area contributed by atoms with E-state index in [2.05, 4.69) is 20.6 Å². The van der Waals surface area contributed by atoms with Gasteiger partial charge in [0.15, 0.2) is 0 Å². The number of nitrogens with one attached hydrogen (secondary N) is 2. The molecule has 0 fully saturated rings. The Kier molecular flexibility index (Phi) is 7.27. The van der Waals surface area contributed by atoms with Crippen LogP contribution in [0.3, 0.4) is 0 Å². The molecule has 29 heavy (non-hydrogen) atoms. The predicted octanol–water partition coefficient (Wildman–Crippen LogP) is 5.63. The van der Waals surface area contributed by atoms with Crippen LogP contribution in [-0.2, 0) is 4.79 Å². The van der Waals surface area contributed by atoms with Crippen molar-refractivity contribution in [2.45, 2.75) is 19.8 Å². The van der Waals surface area contributed by atoms with Gasteiger partial charge < -0.3 is 15.4 Å². The van der Waals surface area contributed by atoms with Crippen molar-refractivity contribution in [3.8, 4) is 5.75 Å². The summed E-state index contributed by atoms with van der Waals surface area (Å²) in [5, 5.41) is 7.06. The highest BCUT2D eigenvalue weighted by molar-refractivity contribution is 6.35. The van der Waals surface area contributed by atoms with Crippen molar-refractivity contribution in [3.63, 3.8) is 0 Å². The molecule has 1 amide bonds. The van der Waals surface area contributed by atoms with Crippen LogP contribution in [0.4, 0.5) is 17.2 Å². The van der Waals surface area contributed by atoms with Crippen LogP contribution in [0.2, 0.25) is 10.0 Å². The maximum atomic E-state index is 12.1. The van der Waals surface area contributed by atoms with Gasteiger partial charge in [0.2, 0.25) is 5.91 Å². The number of amides is 1. The minimum absolute atomic E-state index is 0.0806. The lowest BCUT2D eigenvalue weighted by atomic mass is 10.2. The van der Waals surface area contributed by atoms with Crippen LogP contribution >= 0.6 is 23.2 Å².